The fourth-order valence-corrected chi connectivity index (χ4v) is 3.82. The molecular formula is C13H24INO8. The quantitative estimate of drug-likeness (QED) is 0.196. The van der Waals surface area contributed by atoms with Gasteiger partial charge >= 0.3 is 0 Å². The average Bonchev–Trinajstić information content (AvgIpc) is 2.54. The lowest BCUT2D eigenvalue weighted by Gasteiger charge is -2.46. The Kier molecular flexibility index (Phi) is 6.99. The van der Waals surface area contributed by atoms with Crippen LogP contribution in [0.2, 0.25) is 0 Å². The molecule has 0 spiro atoms. The summed E-state index contributed by atoms with van der Waals surface area (Å²) < 4.78 is 16.4. The maximum Gasteiger partial charge on any atom is 0.187 e. The molecule has 0 aromatic carbocycles. The molecule has 10 atom stereocenters. The van der Waals surface area contributed by atoms with Crippen molar-refractivity contribution in [1.82, 2.24) is 0 Å². The predicted octanol–water partition coefficient (Wildman–Crippen LogP) is -2.92. The van der Waals surface area contributed by atoms with E-state index in [1.807, 2.05) is 22.6 Å². The van der Waals surface area contributed by atoms with E-state index in [1.165, 1.54) is 0 Å². The van der Waals surface area contributed by atoms with Crippen LogP contribution in [0.15, 0.2) is 0 Å². The van der Waals surface area contributed by atoms with Gasteiger partial charge in [0.1, 0.15) is 24.4 Å². The topological polar surface area (TPSA) is 155 Å². The van der Waals surface area contributed by atoms with Gasteiger partial charge in [-0.1, -0.05) is 22.6 Å². The third-order valence-corrected chi connectivity index (χ3v) is 5.81. The van der Waals surface area contributed by atoms with Gasteiger partial charge in [0.2, 0.25) is 0 Å². The van der Waals surface area contributed by atoms with Gasteiger partial charge in [0.25, 0.3) is 0 Å². The van der Waals surface area contributed by atoms with Crippen molar-refractivity contribution in [3.63, 3.8) is 0 Å². The van der Waals surface area contributed by atoms with Crippen molar-refractivity contribution in [2.45, 2.75) is 65.9 Å². The van der Waals surface area contributed by atoms with Crippen LogP contribution >= 0.6 is 22.6 Å². The van der Waals surface area contributed by atoms with Crippen molar-refractivity contribution in [2.24, 2.45) is 5.73 Å². The predicted molar refractivity (Wildman–Crippen MR) is 85.8 cm³/mol. The number of hydrogen-bond donors (Lipinski definition) is 6. The van der Waals surface area contributed by atoms with Crippen LogP contribution in [0.5, 0.6) is 0 Å². The van der Waals surface area contributed by atoms with Crippen molar-refractivity contribution < 1.29 is 39.7 Å². The third-order valence-electron chi connectivity index (χ3n) is 4.30. The van der Waals surface area contributed by atoms with Gasteiger partial charge in [0.05, 0.1) is 41.5 Å². The lowest BCUT2D eigenvalue weighted by molar-refractivity contribution is -0.318. The molecule has 2 heterocycles. The molecule has 0 saturated carbocycles. The van der Waals surface area contributed by atoms with Gasteiger partial charge in [-0.05, 0) is 6.92 Å². The Morgan fingerprint density at radius 2 is 1.61 bits per heavy atom. The van der Waals surface area contributed by atoms with Crippen molar-refractivity contribution in [3.8, 4) is 0 Å². The van der Waals surface area contributed by atoms with E-state index in [9.17, 15) is 25.5 Å². The minimum atomic E-state index is -1.51. The molecule has 2 rings (SSSR count). The van der Waals surface area contributed by atoms with Gasteiger partial charge in [-0.2, -0.15) is 0 Å². The number of aliphatic hydroxyl groups excluding tert-OH is 5. The SMILES string of the molecule is CC1OC(CO)C(I)C(OC2OC(CO)C(O)C(O)C2O)C1N. The molecule has 9 nitrogen and oxygen atoms in total. The van der Waals surface area contributed by atoms with E-state index in [4.69, 9.17) is 19.9 Å². The summed E-state index contributed by atoms with van der Waals surface area (Å²) in [4.78, 5) is 0. The highest BCUT2D eigenvalue weighted by molar-refractivity contribution is 14.1. The summed E-state index contributed by atoms with van der Waals surface area (Å²) in [5.74, 6) is 0. The third kappa shape index (κ3) is 3.97. The molecule has 0 amide bonds. The van der Waals surface area contributed by atoms with Gasteiger partial charge in [-0.15, -0.1) is 0 Å². The Morgan fingerprint density at radius 3 is 2.17 bits per heavy atom. The highest BCUT2D eigenvalue weighted by Gasteiger charge is 2.48. The Morgan fingerprint density at radius 1 is 1.00 bits per heavy atom. The number of aliphatic hydroxyl groups is 5. The first-order valence-corrected chi connectivity index (χ1v) is 8.68. The fourth-order valence-electron chi connectivity index (χ4n) is 2.78. The van der Waals surface area contributed by atoms with E-state index in [2.05, 4.69) is 0 Å². The molecule has 23 heavy (non-hydrogen) atoms. The van der Waals surface area contributed by atoms with Gasteiger partial charge in [-0.25, -0.2) is 0 Å². The summed E-state index contributed by atoms with van der Waals surface area (Å²) in [5, 5.41) is 48.2. The smallest absolute Gasteiger partial charge is 0.187 e. The molecule has 2 aliphatic rings. The van der Waals surface area contributed by atoms with Crippen LogP contribution in [0.3, 0.4) is 0 Å². The van der Waals surface area contributed by atoms with Crippen molar-refractivity contribution >= 4 is 22.6 Å². The molecule has 2 aliphatic heterocycles. The van der Waals surface area contributed by atoms with E-state index in [0.717, 1.165) is 0 Å². The monoisotopic (exact) mass is 449 g/mol. The highest BCUT2D eigenvalue weighted by Crippen LogP contribution is 2.31. The summed E-state index contributed by atoms with van der Waals surface area (Å²) >= 11 is 2.04. The number of ether oxygens (including phenoxy) is 3. The molecule has 10 unspecified atom stereocenters. The van der Waals surface area contributed by atoms with Crippen LogP contribution < -0.4 is 5.73 Å². The van der Waals surface area contributed by atoms with E-state index in [1.54, 1.807) is 6.92 Å². The van der Waals surface area contributed by atoms with Crippen LogP contribution in [-0.2, 0) is 14.2 Å². The molecular weight excluding hydrogens is 425 g/mol. The number of halogens is 1. The largest absolute Gasteiger partial charge is 0.394 e. The molecule has 0 radical (unpaired) electrons. The second-order valence-electron chi connectivity index (χ2n) is 5.88. The van der Waals surface area contributed by atoms with Crippen molar-refractivity contribution in [2.75, 3.05) is 13.2 Å². The first kappa shape index (κ1) is 19.7. The Labute approximate surface area is 147 Å². The zero-order chi connectivity index (χ0) is 17.3. The Bertz CT molecular complexity index is 389. The second kappa shape index (κ2) is 8.17. The average molecular weight is 449 g/mol. The Balaban J connectivity index is 2.11. The van der Waals surface area contributed by atoms with Crippen LogP contribution in [0.4, 0.5) is 0 Å². The lowest BCUT2D eigenvalue weighted by atomic mass is 9.95. The summed E-state index contributed by atoms with van der Waals surface area (Å²) in [6, 6.07) is -0.535. The van der Waals surface area contributed by atoms with E-state index >= 15 is 0 Å². The summed E-state index contributed by atoms with van der Waals surface area (Å²) in [5.41, 5.74) is 6.09. The van der Waals surface area contributed by atoms with Gasteiger partial charge < -0.3 is 45.5 Å². The van der Waals surface area contributed by atoms with Crippen molar-refractivity contribution in [3.05, 3.63) is 0 Å². The van der Waals surface area contributed by atoms with Crippen LogP contribution in [0.25, 0.3) is 0 Å². The maximum absolute atomic E-state index is 10.0. The van der Waals surface area contributed by atoms with E-state index in [0.29, 0.717) is 0 Å². The van der Waals surface area contributed by atoms with Crippen LogP contribution in [0.1, 0.15) is 6.92 Å². The zero-order valence-electron chi connectivity index (χ0n) is 12.6. The summed E-state index contributed by atoms with van der Waals surface area (Å²) in [6.07, 6.45) is -8.24. The summed E-state index contributed by atoms with van der Waals surface area (Å²) in [7, 11) is 0. The summed E-state index contributed by atoms with van der Waals surface area (Å²) in [6.45, 7) is 1.01. The lowest BCUT2D eigenvalue weighted by Crippen LogP contribution is -2.64. The molecule has 136 valence electrons. The fraction of sp³-hybridized carbons (Fsp3) is 1.00. The van der Waals surface area contributed by atoms with E-state index < -0.39 is 55.6 Å². The van der Waals surface area contributed by atoms with Gasteiger partial charge in [-0.3, -0.25) is 0 Å². The number of hydrogen-bond acceptors (Lipinski definition) is 9. The molecule has 0 aromatic rings. The zero-order valence-corrected chi connectivity index (χ0v) is 14.8. The van der Waals surface area contributed by atoms with Crippen molar-refractivity contribution in [1.29, 1.82) is 0 Å². The molecule has 2 saturated heterocycles. The molecule has 0 aliphatic carbocycles. The molecule has 0 aromatic heterocycles. The molecule has 7 N–H and O–H groups in total. The molecule has 2 fully saturated rings. The normalized spacial score (nSPS) is 51.7. The number of rotatable bonds is 4. The van der Waals surface area contributed by atoms with E-state index in [-0.39, 0.29) is 16.6 Å². The minimum Gasteiger partial charge on any atom is -0.394 e. The molecule has 0 bridgehead atoms. The molecule has 10 heteroatoms. The van der Waals surface area contributed by atoms with Gasteiger partial charge in [0.15, 0.2) is 6.29 Å². The van der Waals surface area contributed by atoms with Gasteiger partial charge in [0, 0.05) is 0 Å². The first-order chi connectivity index (χ1) is 10.8. The maximum atomic E-state index is 10.0. The second-order valence-corrected chi connectivity index (χ2v) is 7.32. The highest BCUT2D eigenvalue weighted by atomic mass is 127. The van der Waals surface area contributed by atoms with Crippen LogP contribution in [0, 0.1) is 0 Å². The standard InChI is InChI=1S/C13H24INO8/c1-4-8(15)12(7(14)5(2-16)21-4)23-13-11(20)10(19)9(18)6(3-17)22-13/h4-13,16-20H,2-3,15H2,1H3. The first-order valence-electron chi connectivity index (χ1n) is 7.43. The number of nitrogens with two attached hydrogens (primary N) is 1. The Hall–Kier alpha value is 0.370. The number of alkyl halides is 1. The van der Waals surface area contributed by atoms with Crippen LogP contribution in [-0.4, -0.2) is 97.7 Å². The minimum absolute atomic E-state index is 0.209.